The highest BCUT2D eigenvalue weighted by Gasteiger charge is 2.45. The van der Waals surface area contributed by atoms with Crippen LogP contribution in [0.2, 0.25) is 5.02 Å². The molecule has 0 radical (unpaired) electrons. The predicted octanol–water partition coefficient (Wildman–Crippen LogP) is 2.00. The first kappa shape index (κ1) is 23.9. The molecule has 1 fully saturated rings. The Morgan fingerprint density at radius 2 is 1.94 bits per heavy atom. The van der Waals surface area contributed by atoms with Crippen molar-refractivity contribution in [2.24, 2.45) is 0 Å². The topological polar surface area (TPSA) is 129 Å². The first-order chi connectivity index (χ1) is 15.7. The van der Waals surface area contributed by atoms with Crippen LogP contribution in [0.3, 0.4) is 0 Å². The highest BCUT2D eigenvalue weighted by Crippen LogP contribution is 2.44. The van der Waals surface area contributed by atoms with E-state index in [4.69, 9.17) is 11.6 Å². The Bertz CT molecular complexity index is 1040. The lowest BCUT2D eigenvalue weighted by molar-refractivity contribution is -0.159. The van der Waals surface area contributed by atoms with Crippen LogP contribution < -0.4 is 10.6 Å². The number of hydrogen-bond acceptors (Lipinski definition) is 7. The molecular weight excluding hydrogens is 448 g/mol. The molecule has 1 saturated heterocycles. The van der Waals surface area contributed by atoms with Crippen molar-refractivity contribution in [1.82, 2.24) is 15.1 Å². The van der Waals surface area contributed by atoms with Gasteiger partial charge < -0.3 is 30.6 Å². The molecule has 2 amide bonds. The molecule has 6 N–H and O–H groups in total. The van der Waals surface area contributed by atoms with E-state index in [0.29, 0.717) is 40.2 Å². The van der Waals surface area contributed by atoms with Gasteiger partial charge in [0.2, 0.25) is 0 Å². The first-order valence-electron chi connectivity index (χ1n) is 10.8. The van der Waals surface area contributed by atoms with Crippen molar-refractivity contribution in [2.45, 2.75) is 57.3 Å². The Hall–Kier alpha value is -2.24. The molecule has 4 rings (SSSR count). The van der Waals surface area contributed by atoms with Gasteiger partial charge in [-0.3, -0.25) is 5.32 Å². The smallest absolute Gasteiger partial charge is 0.321 e. The van der Waals surface area contributed by atoms with Crippen molar-refractivity contribution in [1.29, 1.82) is 0 Å². The summed E-state index contributed by atoms with van der Waals surface area (Å²) in [6, 6.07) is 9.61. The van der Waals surface area contributed by atoms with Gasteiger partial charge in [-0.15, -0.1) is 0 Å². The summed E-state index contributed by atoms with van der Waals surface area (Å²) in [6.45, 7) is 2.07. The first-order valence-corrected chi connectivity index (χ1v) is 11.2. The molecule has 0 aliphatic carbocycles. The monoisotopic (exact) mass is 476 g/mol. The number of aryl methyl sites for hydroxylation is 1. The average molecular weight is 477 g/mol. The molecule has 2 aliphatic heterocycles. The molecule has 5 atom stereocenters. The van der Waals surface area contributed by atoms with Gasteiger partial charge in [-0.05, 0) is 43.0 Å². The zero-order valence-corrected chi connectivity index (χ0v) is 19.2. The van der Waals surface area contributed by atoms with Crippen LogP contribution in [0.25, 0.3) is 0 Å². The molecule has 2 aliphatic rings. The summed E-state index contributed by atoms with van der Waals surface area (Å²) in [5, 5.41) is 48.1. The third kappa shape index (κ3) is 4.71. The van der Waals surface area contributed by atoms with E-state index < -0.39 is 31.0 Å². The van der Waals surface area contributed by atoms with Gasteiger partial charge in [-0.1, -0.05) is 35.9 Å². The van der Waals surface area contributed by atoms with Crippen LogP contribution >= 0.6 is 11.6 Å². The molecule has 33 heavy (non-hydrogen) atoms. The van der Waals surface area contributed by atoms with Crippen molar-refractivity contribution in [3.63, 3.8) is 0 Å². The number of fused-ring (bicyclic) bond motifs is 1. The summed E-state index contributed by atoms with van der Waals surface area (Å²) in [6.07, 6.45) is -3.45. The summed E-state index contributed by atoms with van der Waals surface area (Å²) >= 11 is 6.14. The maximum atomic E-state index is 12.7. The lowest BCUT2D eigenvalue weighted by atomic mass is 10.0. The Morgan fingerprint density at radius 3 is 2.64 bits per heavy atom. The Morgan fingerprint density at radius 1 is 1.18 bits per heavy atom. The average Bonchev–Trinajstić information content (AvgIpc) is 3.02. The third-order valence-electron chi connectivity index (χ3n) is 6.36. The molecule has 0 bridgehead atoms. The van der Waals surface area contributed by atoms with E-state index in [-0.39, 0.29) is 12.6 Å². The Labute approximate surface area is 197 Å². The van der Waals surface area contributed by atoms with Gasteiger partial charge in [-0.2, -0.15) is 0 Å². The van der Waals surface area contributed by atoms with Gasteiger partial charge in [0.25, 0.3) is 0 Å². The van der Waals surface area contributed by atoms with Crippen molar-refractivity contribution < 1.29 is 25.2 Å². The van der Waals surface area contributed by atoms with Crippen LogP contribution in [-0.4, -0.2) is 61.8 Å². The maximum Gasteiger partial charge on any atom is 0.321 e. The molecule has 2 heterocycles. The van der Waals surface area contributed by atoms with E-state index in [1.165, 1.54) is 9.80 Å². The molecule has 0 saturated carbocycles. The number of urea groups is 1. The highest BCUT2D eigenvalue weighted by molar-refractivity contribution is 6.31. The number of benzene rings is 2. The molecule has 2 aromatic carbocycles. The van der Waals surface area contributed by atoms with Gasteiger partial charge in [0.05, 0.1) is 6.04 Å². The second kappa shape index (κ2) is 9.55. The second-order valence-electron chi connectivity index (χ2n) is 8.64. The van der Waals surface area contributed by atoms with Crippen LogP contribution in [0.15, 0.2) is 36.4 Å². The predicted molar refractivity (Wildman–Crippen MR) is 123 cm³/mol. The fourth-order valence-corrected chi connectivity index (χ4v) is 4.70. The number of halogens is 1. The van der Waals surface area contributed by atoms with E-state index in [9.17, 15) is 25.2 Å². The van der Waals surface area contributed by atoms with Gasteiger partial charge in [0.15, 0.2) is 0 Å². The number of carbonyl (C=O) groups excluding carboxylic acids is 1. The SMILES string of the molecule is Cc1ccc(NC(=O)N(C)Cc2cccc3c2C(O)N(C2CCC(O)NC2O)C3O)cc1Cl. The highest BCUT2D eigenvalue weighted by atomic mass is 35.5. The molecule has 9 nitrogen and oxygen atoms in total. The van der Waals surface area contributed by atoms with Gasteiger partial charge in [0, 0.05) is 35.4 Å². The number of aliphatic hydroxyl groups excluding tert-OH is 4. The molecule has 0 aromatic heterocycles. The standard InChI is InChI=1S/C23H29ClN4O5/c1-12-6-7-14(10-16(12)24)25-23(33)27(2)11-13-4-3-5-15-19(13)22(32)28(21(15)31)17-8-9-18(29)26-20(17)30/h3-7,10,17-18,20-22,26,29-32H,8-9,11H2,1-2H3,(H,25,33). The van der Waals surface area contributed by atoms with Crippen molar-refractivity contribution >= 4 is 23.3 Å². The lowest BCUT2D eigenvalue weighted by Crippen LogP contribution is -2.57. The van der Waals surface area contributed by atoms with E-state index in [2.05, 4.69) is 10.6 Å². The summed E-state index contributed by atoms with van der Waals surface area (Å²) in [4.78, 5) is 15.6. The number of nitrogens with one attached hydrogen (secondary N) is 2. The summed E-state index contributed by atoms with van der Waals surface area (Å²) in [5.41, 5.74) is 3.20. The van der Waals surface area contributed by atoms with Crippen LogP contribution in [0, 0.1) is 6.92 Å². The summed E-state index contributed by atoms with van der Waals surface area (Å²) in [7, 11) is 1.64. The Kier molecular flexibility index (Phi) is 6.92. The van der Waals surface area contributed by atoms with Gasteiger partial charge in [0.1, 0.15) is 24.9 Å². The minimum atomic E-state index is -1.17. The van der Waals surface area contributed by atoms with Crippen LogP contribution in [-0.2, 0) is 6.54 Å². The number of piperidine rings is 1. The summed E-state index contributed by atoms with van der Waals surface area (Å²) in [5.74, 6) is 0. The van der Waals surface area contributed by atoms with Gasteiger partial charge >= 0.3 is 6.03 Å². The van der Waals surface area contributed by atoms with Crippen LogP contribution in [0.1, 0.15) is 47.6 Å². The van der Waals surface area contributed by atoms with Gasteiger partial charge in [-0.25, -0.2) is 9.69 Å². The number of hydrogen-bond donors (Lipinski definition) is 6. The number of rotatable bonds is 4. The second-order valence-corrected chi connectivity index (χ2v) is 9.04. The minimum Gasteiger partial charge on any atom is -0.379 e. The fourth-order valence-electron chi connectivity index (χ4n) is 4.52. The number of anilines is 1. The number of amides is 2. The van der Waals surface area contributed by atoms with Crippen molar-refractivity contribution in [3.8, 4) is 0 Å². The maximum absolute atomic E-state index is 12.7. The fraction of sp³-hybridized carbons (Fsp3) is 0.435. The molecule has 0 spiro atoms. The molecule has 5 unspecified atom stereocenters. The molecule has 2 aromatic rings. The zero-order chi connectivity index (χ0) is 23.9. The minimum absolute atomic E-state index is 0.191. The van der Waals surface area contributed by atoms with Crippen LogP contribution in [0.4, 0.5) is 10.5 Å². The van der Waals surface area contributed by atoms with E-state index in [1.54, 1.807) is 37.4 Å². The van der Waals surface area contributed by atoms with E-state index >= 15 is 0 Å². The summed E-state index contributed by atoms with van der Waals surface area (Å²) < 4.78 is 0. The van der Waals surface area contributed by atoms with E-state index in [0.717, 1.165) is 5.56 Å². The number of nitrogens with zero attached hydrogens (tertiary/aromatic N) is 2. The normalized spacial score (nSPS) is 27.3. The lowest BCUT2D eigenvalue weighted by Gasteiger charge is -2.40. The largest absolute Gasteiger partial charge is 0.379 e. The van der Waals surface area contributed by atoms with Crippen LogP contribution in [0.5, 0.6) is 0 Å². The van der Waals surface area contributed by atoms with Crippen molar-refractivity contribution in [2.75, 3.05) is 12.4 Å². The molecular formula is C23H29ClN4O5. The van der Waals surface area contributed by atoms with E-state index in [1.807, 2.05) is 13.0 Å². The Balaban J connectivity index is 1.51. The molecule has 178 valence electrons. The third-order valence-corrected chi connectivity index (χ3v) is 6.76. The zero-order valence-electron chi connectivity index (χ0n) is 18.4. The molecule has 10 heteroatoms. The number of carbonyl (C=O) groups is 1. The van der Waals surface area contributed by atoms with Crippen molar-refractivity contribution in [3.05, 3.63) is 63.7 Å². The quantitative estimate of drug-likeness (QED) is 0.398. The number of aliphatic hydroxyl groups is 4.